The Morgan fingerprint density at radius 1 is 1.31 bits per heavy atom. The molecule has 0 amide bonds. The number of hydrogen-bond acceptors (Lipinski definition) is 9. The summed E-state index contributed by atoms with van der Waals surface area (Å²) >= 11 is 0. The molecule has 0 bridgehead atoms. The highest BCUT2D eigenvalue weighted by molar-refractivity contribution is 5.65. The molecule has 4 heterocycles. The molecule has 2 N–H and O–H groups in total. The Morgan fingerprint density at radius 2 is 2.09 bits per heavy atom. The van der Waals surface area contributed by atoms with Crippen LogP contribution in [0.1, 0.15) is 51.3 Å². The molecule has 11 nitrogen and oxygen atoms in total. The number of rotatable bonds is 4. The Kier molecular flexibility index (Phi) is 4.96. The Balaban J connectivity index is 1.42. The zero-order chi connectivity index (χ0) is 22.5. The monoisotopic (exact) mass is 443 g/mol. The predicted octanol–water partition coefficient (Wildman–Crippen LogP) is 2.61. The highest BCUT2D eigenvalue weighted by Gasteiger charge is 2.69. The van der Waals surface area contributed by atoms with E-state index < -0.39 is 36.0 Å². The number of hydrogen-bond donors (Lipinski definition) is 1. The summed E-state index contributed by atoms with van der Waals surface area (Å²) in [5.41, 5.74) is 5.60. The molecule has 0 radical (unpaired) electrons. The van der Waals surface area contributed by atoms with E-state index >= 15 is 0 Å². The standard InChI is InChI=1S/C21H25N5O6/c1-20(2)30-16-15(13-8-9-14-18(22)24-11-25-26(13)14)31-21(23-3,17(16)32-20)10-28-19(27)29-12-6-4-5-7-12/h8-9,11-12,15-17H,4-7,10H2,1-2H3,(H2,22,24,25)/t15-,16-,17-,21+/m0/s1. The van der Waals surface area contributed by atoms with Crippen LogP contribution < -0.4 is 5.73 Å². The first-order valence-electron chi connectivity index (χ1n) is 10.7. The number of nitrogens with two attached hydrogens (primary N) is 1. The van der Waals surface area contributed by atoms with Gasteiger partial charge >= 0.3 is 11.9 Å². The van der Waals surface area contributed by atoms with Gasteiger partial charge in [-0.15, -0.1) is 0 Å². The summed E-state index contributed by atoms with van der Waals surface area (Å²) in [5.74, 6) is -0.627. The molecular weight excluding hydrogens is 418 g/mol. The third-order valence-corrected chi connectivity index (χ3v) is 6.16. The van der Waals surface area contributed by atoms with E-state index in [1.54, 1.807) is 30.5 Å². The number of carbonyl (C=O) groups excluding carboxylic acids is 1. The summed E-state index contributed by atoms with van der Waals surface area (Å²) in [4.78, 5) is 20.0. The van der Waals surface area contributed by atoms with E-state index in [1.165, 1.54) is 6.33 Å². The fourth-order valence-corrected chi connectivity index (χ4v) is 4.71. The van der Waals surface area contributed by atoms with Crippen LogP contribution in [0.4, 0.5) is 10.6 Å². The van der Waals surface area contributed by atoms with Gasteiger partial charge in [0.15, 0.2) is 17.7 Å². The number of nitrogen functional groups attached to an aromatic ring is 1. The molecule has 4 atom stereocenters. The number of nitrogens with zero attached hydrogens (tertiary/aromatic N) is 4. The van der Waals surface area contributed by atoms with Crippen molar-refractivity contribution in [2.75, 3.05) is 12.3 Å². The number of fused-ring (bicyclic) bond motifs is 2. The normalized spacial score (nSPS) is 31.5. The van der Waals surface area contributed by atoms with Gasteiger partial charge in [0.05, 0.1) is 5.69 Å². The molecule has 2 aromatic rings. The molecule has 11 heteroatoms. The van der Waals surface area contributed by atoms with Gasteiger partial charge in [0, 0.05) is 0 Å². The van der Waals surface area contributed by atoms with Crippen molar-refractivity contribution in [1.29, 1.82) is 0 Å². The summed E-state index contributed by atoms with van der Waals surface area (Å²) in [7, 11) is 0. The van der Waals surface area contributed by atoms with E-state index in [2.05, 4.69) is 14.9 Å². The van der Waals surface area contributed by atoms with Gasteiger partial charge in [-0.1, -0.05) is 0 Å². The van der Waals surface area contributed by atoms with Crippen molar-refractivity contribution in [3.05, 3.63) is 35.6 Å². The van der Waals surface area contributed by atoms with Crippen LogP contribution in [0.5, 0.6) is 0 Å². The number of ether oxygens (including phenoxy) is 5. The van der Waals surface area contributed by atoms with Gasteiger partial charge in [-0.05, 0) is 51.7 Å². The van der Waals surface area contributed by atoms with Crippen LogP contribution in [0, 0.1) is 6.57 Å². The average Bonchev–Trinajstić information content (AvgIpc) is 3.51. The second-order valence-electron chi connectivity index (χ2n) is 8.78. The number of anilines is 1. The molecule has 170 valence electrons. The van der Waals surface area contributed by atoms with Gasteiger partial charge in [0.1, 0.15) is 30.2 Å². The van der Waals surface area contributed by atoms with Gasteiger partial charge in [-0.2, -0.15) is 5.10 Å². The Morgan fingerprint density at radius 3 is 2.84 bits per heavy atom. The van der Waals surface area contributed by atoms with Crippen molar-refractivity contribution in [2.24, 2.45) is 0 Å². The van der Waals surface area contributed by atoms with Crippen molar-refractivity contribution in [3.63, 3.8) is 0 Å². The molecule has 3 fully saturated rings. The average molecular weight is 443 g/mol. The number of aromatic nitrogens is 3. The van der Waals surface area contributed by atoms with Crippen molar-refractivity contribution in [2.45, 2.75) is 75.5 Å². The van der Waals surface area contributed by atoms with Crippen molar-refractivity contribution in [1.82, 2.24) is 14.6 Å². The largest absolute Gasteiger partial charge is 0.508 e. The molecular formula is C21H25N5O6. The topological polar surface area (TPSA) is 124 Å². The van der Waals surface area contributed by atoms with Crippen LogP contribution in [0.3, 0.4) is 0 Å². The van der Waals surface area contributed by atoms with E-state index in [9.17, 15) is 4.79 Å². The van der Waals surface area contributed by atoms with E-state index in [-0.39, 0.29) is 12.7 Å². The highest BCUT2D eigenvalue weighted by Crippen LogP contribution is 2.51. The maximum absolute atomic E-state index is 12.2. The van der Waals surface area contributed by atoms with Crippen LogP contribution in [0.15, 0.2) is 18.5 Å². The van der Waals surface area contributed by atoms with Crippen LogP contribution >= 0.6 is 0 Å². The van der Waals surface area contributed by atoms with Crippen LogP contribution in [-0.4, -0.2) is 57.2 Å². The van der Waals surface area contributed by atoms with Gasteiger partial charge in [-0.3, -0.25) is 9.58 Å². The first-order valence-corrected chi connectivity index (χ1v) is 10.7. The molecule has 2 saturated heterocycles. The van der Waals surface area contributed by atoms with Gasteiger partial charge < -0.3 is 24.7 Å². The maximum Gasteiger partial charge on any atom is 0.508 e. The molecule has 1 saturated carbocycles. The van der Waals surface area contributed by atoms with Crippen molar-refractivity contribution < 1.29 is 28.5 Å². The lowest BCUT2D eigenvalue weighted by Crippen LogP contribution is -2.45. The molecule has 0 aromatic carbocycles. The molecule has 2 aromatic heterocycles. The van der Waals surface area contributed by atoms with Gasteiger partial charge in [0.2, 0.25) is 6.61 Å². The zero-order valence-electron chi connectivity index (χ0n) is 17.9. The third-order valence-electron chi connectivity index (χ3n) is 6.16. The van der Waals surface area contributed by atoms with Crippen molar-refractivity contribution in [3.8, 4) is 0 Å². The minimum atomic E-state index is -1.60. The molecule has 1 aliphatic carbocycles. The van der Waals surface area contributed by atoms with Gasteiger partial charge in [0.25, 0.3) is 0 Å². The molecule has 2 aliphatic heterocycles. The first-order chi connectivity index (χ1) is 15.3. The highest BCUT2D eigenvalue weighted by atomic mass is 16.8. The Hall–Kier alpha value is -2.94. The summed E-state index contributed by atoms with van der Waals surface area (Å²) in [6.07, 6.45) is 1.98. The Bertz CT molecular complexity index is 1070. The molecule has 32 heavy (non-hydrogen) atoms. The summed E-state index contributed by atoms with van der Waals surface area (Å²) < 4.78 is 30.7. The second-order valence-corrected chi connectivity index (χ2v) is 8.78. The fraction of sp³-hybridized carbons (Fsp3) is 0.619. The minimum Gasteiger partial charge on any atom is -0.431 e. The van der Waals surface area contributed by atoms with Gasteiger partial charge in [-0.25, -0.2) is 20.9 Å². The van der Waals surface area contributed by atoms with Crippen LogP contribution in [-0.2, 0) is 23.7 Å². The molecule has 0 unspecified atom stereocenters. The lowest BCUT2D eigenvalue weighted by Gasteiger charge is -2.25. The third kappa shape index (κ3) is 3.44. The van der Waals surface area contributed by atoms with Crippen LogP contribution in [0.25, 0.3) is 10.4 Å². The summed E-state index contributed by atoms with van der Waals surface area (Å²) in [6, 6.07) is 3.57. The van der Waals surface area contributed by atoms with E-state index in [0.29, 0.717) is 17.0 Å². The minimum absolute atomic E-state index is 0.140. The van der Waals surface area contributed by atoms with E-state index in [1.807, 2.05) is 0 Å². The second kappa shape index (κ2) is 7.58. The first kappa shape index (κ1) is 20.9. The quantitative estimate of drug-likeness (QED) is 0.561. The lowest BCUT2D eigenvalue weighted by atomic mass is 10.0. The zero-order valence-corrected chi connectivity index (χ0v) is 17.9. The Labute approximate surface area is 184 Å². The molecule has 0 spiro atoms. The smallest absolute Gasteiger partial charge is 0.431 e. The SMILES string of the molecule is [C-]#[N+][C@]1(COC(=O)OC2CCCC2)O[C@@H](c2ccc3c(N)ncnn23)[C@@H]2OC(C)(C)O[C@@H]21. The fourth-order valence-electron chi connectivity index (χ4n) is 4.71. The maximum atomic E-state index is 12.2. The summed E-state index contributed by atoms with van der Waals surface area (Å²) in [5, 5.41) is 4.27. The predicted molar refractivity (Wildman–Crippen MR) is 109 cm³/mol. The molecule has 3 aliphatic rings. The van der Waals surface area contributed by atoms with Crippen LogP contribution in [0.2, 0.25) is 0 Å². The van der Waals surface area contributed by atoms with E-state index in [0.717, 1.165) is 25.7 Å². The van der Waals surface area contributed by atoms with E-state index in [4.69, 9.17) is 36.0 Å². The summed E-state index contributed by atoms with van der Waals surface area (Å²) in [6.45, 7) is 11.1. The van der Waals surface area contributed by atoms with Crippen molar-refractivity contribution >= 4 is 17.5 Å². The molecule has 5 rings (SSSR count). The number of carbonyl (C=O) groups is 1. The lowest BCUT2D eigenvalue weighted by molar-refractivity contribution is -0.208.